The first kappa shape index (κ1) is 15.6. The molecule has 2 N–H and O–H groups in total. The first-order valence-corrected chi connectivity index (χ1v) is 8.17. The average molecular weight is 343 g/mol. The number of ether oxygens (including phenoxy) is 1. The Hall–Kier alpha value is -2.90. The van der Waals surface area contributed by atoms with Crippen LogP contribution in [0.15, 0.2) is 28.8 Å². The monoisotopic (exact) mass is 343 g/mol. The van der Waals surface area contributed by atoms with Gasteiger partial charge in [-0.05, 0) is 49.9 Å². The topological polar surface area (TPSA) is 115 Å². The predicted octanol–water partition coefficient (Wildman–Crippen LogP) is 2.33. The second kappa shape index (κ2) is 5.87. The van der Waals surface area contributed by atoms with Gasteiger partial charge in [-0.15, -0.1) is 0 Å². The number of carboxylic acid groups (broad SMARTS) is 1. The Morgan fingerprint density at radius 3 is 2.60 bits per heavy atom. The van der Waals surface area contributed by atoms with Crippen molar-refractivity contribution in [3.8, 4) is 5.75 Å². The van der Waals surface area contributed by atoms with Crippen LogP contribution in [-0.2, 0) is 16.2 Å². The summed E-state index contributed by atoms with van der Waals surface area (Å²) >= 11 is 0. The fraction of sp³-hybridized carbons (Fsp3) is 0.412. The van der Waals surface area contributed by atoms with Crippen molar-refractivity contribution in [3.05, 3.63) is 36.0 Å². The van der Waals surface area contributed by atoms with Gasteiger partial charge in [-0.1, -0.05) is 5.16 Å². The van der Waals surface area contributed by atoms with E-state index in [0.29, 0.717) is 41.9 Å². The first-order valence-electron chi connectivity index (χ1n) is 8.17. The zero-order chi connectivity index (χ0) is 17.4. The molecule has 2 saturated carbocycles. The third kappa shape index (κ3) is 3.19. The van der Waals surface area contributed by atoms with E-state index in [1.807, 2.05) is 0 Å². The Morgan fingerprint density at radius 1 is 1.28 bits per heavy atom. The second-order valence-corrected chi connectivity index (χ2v) is 6.48. The molecule has 4 rings (SSSR count). The van der Waals surface area contributed by atoms with Gasteiger partial charge in [-0.25, -0.2) is 0 Å². The van der Waals surface area contributed by atoms with E-state index in [4.69, 9.17) is 14.4 Å². The van der Waals surface area contributed by atoms with Crippen molar-refractivity contribution in [1.82, 2.24) is 10.1 Å². The highest BCUT2D eigenvalue weighted by atomic mass is 16.5. The van der Waals surface area contributed by atoms with E-state index in [1.54, 1.807) is 24.3 Å². The number of nitrogens with zero attached hydrogens (tertiary/aromatic N) is 2. The number of aliphatic carboxylic acids is 1. The zero-order valence-corrected chi connectivity index (χ0v) is 13.4. The molecule has 2 aromatic rings. The van der Waals surface area contributed by atoms with Gasteiger partial charge in [0.05, 0.1) is 0 Å². The lowest BCUT2D eigenvalue weighted by Gasteiger charge is -2.11. The van der Waals surface area contributed by atoms with E-state index >= 15 is 0 Å². The van der Waals surface area contributed by atoms with Gasteiger partial charge in [0.15, 0.2) is 6.61 Å². The van der Waals surface area contributed by atoms with E-state index in [9.17, 15) is 9.59 Å². The number of benzene rings is 1. The van der Waals surface area contributed by atoms with Crippen LogP contribution in [0, 0.1) is 5.41 Å². The van der Waals surface area contributed by atoms with Crippen molar-refractivity contribution in [2.24, 2.45) is 5.41 Å². The van der Waals surface area contributed by atoms with Crippen LogP contribution in [-0.4, -0.2) is 27.1 Å². The molecule has 2 aliphatic carbocycles. The van der Waals surface area contributed by atoms with Gasteiger partial charge in [-0.3, -0.25) is 9.59 Å². The number of amides is 1. The molecule has 0 bridgehead atoms. The summed E-state index contributed by atoms with van der Waals surface area (Å²) in [7, 11) is 0. The van der Waals surface area contributed by atoms with Gasteiger partial charge in [0.25, 0.3) is 0 Å². The van der Waals surface area contributed by atoms with Crippen LogP contribution >= 0.6 is 0 Å². The summed E-state index contributed by atoms with van der Waals surface area (Å²) < 4.78 is 10.8. The summed E-state index contributed by atoms with van der Waals surface area (Å²) in [5.41, 5.74) is -0.729. The van der Waals surface area contributed by atoms with E-state index in [2.05, 4.69) is 15.5 Å². The van der Waals surface area contributed by atoms with Gasteiger partial charge in [-0.2, -0.15) is 4.98 Å². The average Bonchev–Trinajstić information content (AvgIpc) is 3.52. The number of nitrogens with one attached hydrogen (secondary N) is 1. The summed E-state index contributed by atoms with van der Waals surface area (Å²) in [4.78, 5) is 27.5. The number of anilines is 1. The fourth-order valence-corrected chi connectivity index (χ4v) is 2.52. The smallest absolute Gasteiger partial charge is 0.319 e. The lowest BCUT2D eigenvalue weighted by Crippen LogP contribution is -2.31. The van der Waals surface area contributed by atoms with Gasteiger partial charge in [0.1, 0.15) is 11.2 Å². The van der Waals surface area contributed by atoms with Crippen molar-refractivity contribution >= 4 is 17.6 Å². The molecule has 1 aromatic heterocycles. The highest BCUT2D eigenvalue weighted by Gasteiger charge is 2.57. The largest absolute Gasteiger partial charge is 0.485 e. The maximum Gasteiger partial charge on any atom is 0.319 e. The van der Waals surface area contributed by atoms with Crippen LogP contribution in [0.3, 0.4) is 0 Å². The Labute approximate surface area is 143 Å². The van der Waals surface area contributed by atoms with Crippen LogP contribution in [0.1, 0.15) is 43.3 Å². The lowest BCUT2D eigenvalue weighted by molar-refractivity contribution is -0.147. The summed E-state index contributed by atoms with van der Waals surface area (Å²) in [6, 6.07) is 6.71. The number of rotatable bonds is 7. The highest BCUT2D eigenvalue weighted by molar-refractivity contribution is 6.10. The van der Waals surface area contributed by atoms with E-state index in [-0.39, 0.29) is 6.61 Å². The van der Waals surface area contributed by atoms with Crippen LogP contribution in [0.5, 0.6) is 5.75 Å². The molecule has 2 fully saturated rings. The number of carboxylic acids is 1. The van der Waals surface area contributed by atoms with Crippen LogP contribution in [0.25, 0.3) is 0 Å². The minimum absolute atomic E-state index is 0.198. The summed E-state index contributed by atoms with van der Waals surface area (Å²) in [5, 5.41) is 15.6. The predicted molar refractivity (Wildman–Crippen MR) is 85.0 cm³/mol. The molecule has 1 aromatic carbocycles. The minimum atomic E-state index is -1.26. The normalized spacial score (nSPS) is 17.8. The zero-order valence-electron chi connectivity index (χ0n) is 13.4. The molecule has 1 amide bonds. The van der Waals surface area contributed by atoms with Crippen LogP contribution < -0.4 is 10.1 Å². The molecule has 25 heavy (non-hydrogen) atoms. The Balaban J connectivity index is 1.32. The van der Waals surface area contributed by atoms with Crippen LogP contribution in [0.2, 0.25) is 0 Å². The molecular weight excluding hydrogens is 326 g/mol. The van der Waals surface area contributed by atoms with Crippen molar-refractivity contribution in [2.75, 3.05) is 5.32 Å². The summed E-state index contributed by atoms with van der Waals surface area (Å²) in [6.45, 7) is 0.198. The Bertz CT molecular complexity index is 806. The molecule has 0 spiro atoms. The number of carbonyl (C=O) groups is 2. The quantitative estimate of drug-likeness (QED) is 0.741. The summed E-state index contributed by atoms with van der Waals surface area (Å²) in [5.74, 6) is 0.615. The number of hydrogen-bond donors (Lipinski definition) is 2. The summed E-state index contributed by atoms with van der Waals surface area (Å²) in [6.07, 6.45) is 2.95. The molecule has 0 radical (unpaired) electrons. The fourth-order valence-electron chi connectivity index (χ4n) is 2.52. The van der Waals surface area contributed by atoms with Crippen molar-refractivity contribution in [3.63, 3.8) is 0 Å². The minimum Gasteiger partial charge on any atom is -0.485 e. The highest BCUT2D eigenvalue weighted by Crippen LogP contribution is 2.46. The number of carbonyl (C=O) groups excluding carboxylic acids is 1. The second-order valence-electron chi connectivity index (χ2n) is 6.48. The van der Waals surface area contributed by atoms with Crippen LogP contribution in [0.4, 0.5) is 5.69 Å². The van der Waals surface area contributed by atoms with Crippen molar-refractivity contribution in [2.45, 2.75) is 38.2 Å². The maximum atomic E-state index is 12.0. The lowest BCUT2D eigenvalue weighted by atomic mass is 10.1. The first-order chi connectivity index (χ1) is 12.1. The molecule has 1 heterocycles. The maximum absolute atomic E-state index is 12.0. The van der Waals surface area contributed by atoms with E-state index < -0.39 is 17.3 Å². The molecule has 0 aliphatic heterocycles. The molecule has 2 aliphatic rings. The Morgan fingerprint density at radius 2 is 2.00 bits per heavy atom. The van der Waals surface area contributed by atoms with E-state index in [1.165, 1.54) is 0 Å². The van der Waals surface area contributed by atoms with Gasteiger partial charge < -0.3 is 19.7 Å². The molecule has 0 atom stereocenters. The molecule has 0 saturated heterocycles. The number of hydrogen-bond acceptors (Lipinski definition) is 6. The van der Waals surface area contributed by atoms with Crippen molar-refractivity contribution < 1.29 is 24.0 Å². The molecule has 130 valence electrons. The van der Waals surface area contributed by atoms with Crippen molar-refractivity contribution in [1.29, 1.82) is 0 Å². The molecule has 8 nitrogen and oxygen atoms in total. The third-order valence-corrected chi connectivity index (χ3v) is 4.48. The number of aromatic nitrogens is 2. The van der Waals surface area contributed by atoms with E-state index in [0.717, 1.165) is 12.8 Å². The molecular formula is C17H17N3O5. The molecule has 0 unspecified atom stereocenters. The van der Waals surface area contributed by atoms with Gasteiger partial charge in [0.2, 0.25) is 17.6 Å². The standard InChI is InChI=1S/C17H17N3O5/c21-15(17(7-8-17)16(22)23)18-11-3-5-12(6-4-11)24-9-13-19-14(25-20-13)10-1-2-10/h3-6,10H,1-2,7-9H2,(H,18,21)(H,22,23). The molecule has 8 heteroatoms. The van der Waals surface area contributed by atoms with Gasteiger partial charge in [0, 0.05) is 11.6 Å². The third-order valence-electron chi connectivity index (χ3n) is 4.48. The SMILES string of the molecule is O=C(O)C1(C(=O)Nc2ccc(OCc3noc(C4CC4)n3)cc2)CC1. The Kier molecular flexibility index (Phi) is 3.67. The van der Waals surface area contributed by atoms with Gasteiger partial charge >= 0.3 is 5.97 Å².